The van der Waals surface area contributed by atoms with E-state index in [0.717, 1.165) is 11.8 Å². The molecule has 116 valence electrons. The predicted octanol–water partition coefficient (Wildman–Crippen LogP) is 6.31. The summed E-state index contributed by atoms with van der Waals surface area (Å²) in [6, 6.07) is 7.66. The van der Waals surface area contributed by atoms with Gasteiger partial charge in [0.05, 0.1) is 0 Å². The second-order valence-electron chi connectivity index (χ2n) is 6.33. The van der Waals surface area contributed by atoms with Crippen LogP contribution < -0.4 is 0 Å². The zero-order valence-electron chi connectivity index (χ0n) is 12.2. The molecule has 3 atom stereocenters. The van der Waals surface area contributed by atoms with Crippen molar-refractivity contribution in [3.8, 4) is 5.75 Å². The first-order valence-electron chi connectivity index (χ1n) is 7.85. The third-order valence-electron chi connectivity index (χ3n) is 4.91. The topological polar surface area (TPSA) is 20.2 Å². The number of hydrogen-bond donors (Lipinski definition) is 1. The lowest BCUT2D eigenvalue weighted by atomic mass is 9.70. The fraction of sp³-hybridized carbons (Fsp3) is 0.579. The van der Waals surface area contributed by atoms with E-state index in [4.69, 9.17) is 0 Å². The van der Waals surface area contributed by atoms with Gasteiger partial charge in [-0.15, -0.1) is 11.8 Å². The number of thioether (sulfide) groups is 1. The van der Waals surface area contributed by atoms with Gasteiger partial charge in [-0.25, -0.2) is 0 Å². The third-order valence-corrected chi connectivity index (χ3v) is 6.03. The van der Waals surface area contributed by atoms with Gasteiger partial charge in [-0.1, -0.05) is 38.0 Å². The molecule has 0 aliphatic heterocycles. The van der Waals surface area contributed by atoms with Crippen molar-refractivity contribution in [3.63, 3.8) is 0 Å². The average molecular weight is 304 g/mol. The Bertz CT molecular complexity index is 494. The van der Waals surface area contributed by atoms with Crippen LogP contribution >= 0.6 is 11.8 Å². The number of fused-ring (bicyclic) bond motifs is 2. The lowest BCUT2D eigenvalue weighted by molar-refractivity contribution is 0.242. The summed E-state index contributed by atoms with van der Waals surface area (Å²) >= 11 is 1.92. The summed E-state index contributed by atoms with van der Waals surface area (Å²) in [5, 5.41) is 12.4. The Morgan fingerprint density at radius 2 is 2.14 bits per heavy atom. The van der Waals surface area contributed by atoms with Crippen LogP contribution in [0.25, 0.3) is 0 Å². The summed E-state index contributed by atoms with van der Waals surface area (Å²) in [5.41, 5.74) is 2.90. The lowest BCUT2D eigenvalue weighted by Gasteiger charge is -2.36. The molecule has 1 nitrogen and oxygen atoms in total. The van der Waals surface area contributed by atoms with Crippen LogP contribution in [-0.2, 0) is 0 Å². The number of aromatic hydroxyl groups is 1. The largest absolute Gasteiger partial charge is 0.508 e. The molecule has 2 aliphatic carbocycles. The summed E-state index contributed by atoms with van der Waals surface area (Å²) < 4.78 is 0. The van der Waals surface area contributed by atoms with Gasteiger partial charge in [-0.3, -0.25) is 0 Å². The summed E-state index contributed by atoms with van der Waals surface area (Å²) in [7, 11) is 0. The second kappa shape index (κ2) is 7.40. The van der Waals surface area contributed by atoms with Crippen molar-refractivity contribution in [1.29, 1.82) is 0 Å². The van der Waals surface area contributed by atoms with Crippen molar-refractivity contribution in [2.45, 2.75) is 58.1 Å². The molecule has 2 aliphatic rings. The average Bonchev–Trinajstić information content (AvgIpc) is 2.46. The van der Waals surface area contributed by atoms with E-state index in [0.29, 0.717) is 11.0 Å². The van der Waals surface area contributed by atoms with E-state index in [1.807, 2.05) is 23.9 Å². The minimum atomic E-state index is 0. The maximum atomic E-state index is 9.57. The summed E-state index contributed by atoms with van der Waals surface area (Å²) in [5.74, 6) is 2.25. The van der Waals surface area contributed by atoms with Crippen LogP contribution in [0.3, 0.4) is 0 Å². The Kier molecular flexibility index (Phi) is 5.80. The quantitative estimate of drug-likeness (QED) is 0.706. The van der Waals surface area contributed by atoms with Crippen LogP contribution in [0.2, 0.25) is 0 Å². The Labute approximate surface area is 133 Å². The molecule has 3 unspecified atom stereocenters. The molecule has 0 amide bonds. The van der Waals surface area contributed by atoms with Gasteiger partial charge in [-0.05, 0) is 67.5 Å². The van der Waals surface area contributed by atoms with E-state index in [-0.39, 0.29) is 7.43 Å². The van der Waals surface area contributed by atoms with Crippen LogP contribution in [0.5, 0.6) is 5.75 Å². The molecule has 1 aromatic rings. The molecule has 2 fully saturated rings. The molecule has 2 saturated carbocycles. The van der Waals surface area contributed by atoms with Crippen LogP contribution in [0.15, 0.2) is 35.2 Å². The van der Waals surface area contributed by atoms with Crippen LogP contribution in [0.1, 0.15) is 63.7 Å². The fourth-order valence-electron chi connectivity index (χ4n) is 3.67. The van der Waals surface area contributed by atoms with Crippen molar-refractivity contribution < 1.29 is 5.11 Å². The number of phenols is 1. The Hall–Kier alpha value is -0.890. The minimum Gasteiger partial charge on any atom is -0.508 e. The van der Waals surface area contributed by atoms with Crippen molar-refractivity contribution in [2.24, 2.45) is 11.8 Å². The number of rotatable bonds is 3. The molecule has 2 heteroatoms. The highest BCUT2D eigenvalue weighted by Gasteiger charge is 2.29. The summed E-state index contributed by atoms with van der Waals surface area (Å²) in [6.07, 6.45) is 8.46. The third kappa shape index (κ3) is 4.06. The lowest BCUT2D eigenvalue weighted by Crippen LogP contribution is -2.22. The molecule has 21 heavy (non-hydrogen) atoms. The van der Waals surface area contributed by atoms with E-state index >= 15 is 0 Å². The normalized spacial score (nSPS) is 28.0. The summed E-state index contributed by atoms with van der Waals surface area (Å²) in [4.78, 5) is 0. The first kappa shape index (κ1) is 16.5. The predicted molar refractivity (Wildman–Crippen MR) is 93.6 cm³/mol. The first-order chi connectivity index (χ1) is 9.72. The van der Waals surface area contributed by atoms with E-state index in [1.54, 1.807) is 11.6 Å². The minimum absolute atomic E-state index is 0. The van der Waals surface area contributed by atoms with Crippen LogP contribution in [0.4, 0.5) is 0 Å². The number of allylic oxidation sites excluding steroid dienone is 1. The Morgan fingerprint density at radius 3 is 2.95 bits per heavy atom. The smallest absolute Gasteiger partial charge is 0.115 e. The van der Waals surface area contributed by atoms with Gasteiger partial charge in [0.15, 0.2) is 0 Å². The van der Waals surface area contributed by atoms with Crippen molar-refractivity contribution >= 4 is 11.8 Å². The first-order valence-corrected chi connectivity index (χ1v) is 8.80. The monoisotopic (exact) mass is 304 g/mol. The van der Waals surface area contributed by atoms with Crippen LogP contribution in [-0.4, -0.2) is 5.11 Å². The van der Waals surface area contributed by atoms with Gasteiger partial charge in [0.1, 0.15) is 5.75 Å². The SMILES string of the molecule is C.CC(SC=C1CCC2CCCC1C2)c1cccc(O)c1. The summed E-state index contributed by atoms with van der Waals surface area (Å²) in [6.45, 7) is 2.23. The van der Waals surface area contributed by atoms with E-state index in [9.17, 15) is 5.11 Å². The van der Waals surface area contributed by atoms with Gasteiger partial charge in [0.2, 0.25) is 0 Å². The Morgan fingerprint density at radius 1 is 1.29 bits per heavy atom. The molecule has 0 saturated heterocycles. The zero-order chi connectivity index (χ0) is 13.9. The molecule has 3 rings (SSSR count). The molecular weight excluding hydrogens is 276 g/mol. The maximum Gasteiger partial charge on any atom is 0.115 e. The van der Waals surface area contributed by atoms with Crippen LogP contribution in [0, 0.1) is 11.8 Å². The van der Waals surface area contributed by atoms with E-state index in [1.165, 1.54) is 44.1 Å². The fourth-order valence-corrected chi connectivity index (χ4v) is 4.66. The van der Waals surface area contributed by atoms with Gasteiger partial charge in [0.25, 0.3) is 0 Å². The van der Waals surface area contributed by atoms with Crippen molar-refractivity contribution in [3.05, 3.63) is 40.8 Å². The molecule has 1 N–H and O–H groups in total. The van der Waals surface area contributed by atoms with E-state index < -0.39 is 0 Å². The number of benzene rings is 1. The molecule has 0 radical (unpaired) electrons. The molecule has 1 aromatic carbocycles. The zero-order valence-corrected chi connectivity index (χ0v) is 13.0. The Balaban J connectivity index is 0.00000161. The van der Waals surface area contributed by atoms with E-state index in [2.05, 4.69) is 18.4 Å². The molecule has 0 aromatic heterocycles. The van der Waals surface area contributed by atoms with Gasteiger partial charge < -0.3 is 5.11 Å². The highest BCUT2D eigenvalue weighted by molar-refractivity contribution is 8.02. The standard InChI is InChI=1S/C18H24OS.CH4/c1-13(15-5-3-7-18(19)11-15)20-12-17-9-8-14-4-2-6-16(17)10-14;/h3,5,7,11-14,16,19H,2,4,6,8-10H2,1H3;1H4. The van der Waals surface area contributed by atoms with Crippen molar-refractivity contribution in [1.82, 2.24) is 0 Å². The van der Waals surface area contributed by atoms with Gasteiger partial charge >= 0.3 is 0 Å². The highest BCUT2D eigenvalue weighted by Crippen LogP contribution is 2.44. The maximum absolute atomic E-state index is 9.57. The number of hydrogen-bond acceptors (Lipinski definition) is 2. The molecule has 0 heterocycles. The molecular formula is C19H28OS. The van der Waals surface area contributed by atoms with Crippen molar-refractivity contribution in [2.75, 3.05) is 0 Å². The molecule has 0 spiro atoms. The van der Waals surface area contributed by atoms with Gasteiger partial charge in [0, 0.05) is 5.25 Å². The number of phenolic OH excluding ortho intramolecular Hbond substituents is 1. The second-order valence-corrected chi connectivity index (χ2v) is 7.55. The molecule has 2 bridgehead atoms. The van der Waals surface area contributed by atoms with Gasteiger partial charge in [-0.2, -0.15) is 0 Å². The highest BCUT2D eigenvalue weighted by atomic mass is 32.2.